The summed E-state index contributed by atoms with van der Waals surface area (Å²) in [6.45, 7) is 0.972. The van der Waals surface area contributed by atoms with Crippen molar-refractivity contribution < 1.29 is 437 Å². The first-order valence-corrected chi connectivity index (χ1v) is 45.5. The maximum Gasteiger partial charge on any atom is 1.00 e. The van der Waals surface area contributed by atoms with Crippen LogP contribution in [-0.4, -0.2) is 233 Å². The minimum Gasteiger partial charge on any atom is -1.00 e. The van der Waals surface area contributed by atoms with Gasteiger partial charge in [0.1, 0.15) is 90.5 Å². The van der Waals surface area contributed by atoms with Crippen LogP contribution in [0.2, 0.25) is 20.1 Å². The van der Waals surface area contributed by atoms with Crippen molar-refractivity contribution in [2.24, 2.45) is 0 Å². The molecule has 5 aromatic carbocycles. The Morgan fingerprint density at radius 2 is 0.538 bits per heavy atom. The van der Waals surface area contributed by atoms with E-state index in [2.05, 4.69) is 153 Å². The van der Waals surface area contributed by atoms with Gasteiger partial charge in [-0.3, -0.25) is 24.0 Å². The number of phenols is 10. The topological polar surface area (TPSA) is 629 Å². The molecule has 0 heterocycles. The quantitative estimate of drug-likeness (QED) is 0.0128. The maximum absolute atomic E-state index is 11.8. The van der Waals surface area contributed by atoms with Crippen molar-refractivity contribution in [2.45, 2.75) is 46.5 Å². The van der Waals surface area contributed by atoms with E-state index in [9.17, 15) is 113 Å². The van der Waals surface area contributed by atoms with E-state index in [0.29, 0.717) is 0 Å². The third kappa shape index (κ3) is 46.1. The molecule has 56 heteroatoms. The maximum atomic E-state index is 11.8. The van der Waals surface area contributed by atoms with Gasteiger partial charge in [0.2, 0.25) is 0 Å². The molecular weight excluding hydrogens is 2330 g/mol. The Hall–Kier alpha value is -1.16. The normalized spacial score (nSPS) is 9.17. The summed E-state index contributed by atoms with van der Waals surface area (Å²) >= 11 is 31.7. The fraction of sp³-hybridized carbons (Fsp3) is 0.302. The number of carboxylic acid groups (broad SMARTS) is 2. The summed E-state index contributed by atoms with van der Waals surface area (Å²) in [6, 6.07) is 2.74. The van der Waals surface area contributed by atoms with Gasteiger partial charge in [0.05, 0.1) is 138 Å². The predicted octanol–water partition coefficient (Wildman–Crippen LogP) is -5.51. The van der Waals surface area contributed by atoms with Crippen LogP contribution in [0.5, 0.6) is 57.5 Å². The molecule has 40 nitrogen and oxygen atoms in total. The van der Waals surface area contributed by atoms with Crippen LogP contribution in [0, 0.1) is 0 Å². The summed E-state index contributed by atoms with van der Waals surface area (Å²) in [6.07, 6.45) is -2.44. The van der Waals surface area contributed by atoms with E-state index in [0.717, 1.165) is 110 Å². The number of methoxy groups -OCH3 is 12. The molecule has 0 saturated heterocycles. The molecule has 0 aromatic heterocycles. The second-order valence-corrected chi connectivity index (χ2v) is 24.4. The van der Waals surface area contributed by atoms with E-state index >= 15 is 0 Å². The zero-order valence-corrected chi connectivity index (χ0v) is 93.2. The van der Waals surface area contributed by atoms with E-state index < -0.39 is 218 Å². The summed E-state index contributed by atoms with van der Waals surface area (Å²) in [7, 11) is 17.7. The van der Waals surface area contributed by atoms with Crippen molar-refractivity contribution >= 4 is 234 Å². The van der Waals surface area contributed by atoms with Crippen molar-refractivity contribution in [1.29, 1.82) is 0 Å². The zero-order valence-electron chi connectivity index (χ0n) is 68.7. The molecule has 0 fully saturated rings. The smallest absolute Gasteiger partial charge is 1.00 e. The number of hydrogen-bond donors (Lipinski definition) is 11. The molecule has 0 aliphatic carbocycles. The van der Waals surface area contributed by atoms with E-state index in [1.54, 1.807) is 0 Å². The Labute approximate surface area is 953 Å². The minimum atomic E-state index is -3.72. The van der Waals surface area contributed by atoms with Crippen molar-refractivity contribution in [3.63, 3.8) is 0 Å². The van der Waals surface area contributed by atoms with Gasteiger partial charge in [-0.2, -0.15) is 8.42 Å². The van der Waals surface area contributed by atoms with Crippen molar-refractivity contribution in [1.82, 2.24) is 0 Å². The van der Waals surface area contributed by atoms with Crippen molar-refractivity contribution in [2.75, 3.05) is 85.3 Å². The van der Waals surface area contributed by atoms with E-state index in [1.807, 2.05) is 0 Å². The summed E-state index contributed by atoms with van der Waals surface area (Å²) in [4.78, 5) is 158. The molecule has 5 rings (SSSR count). The number of ether oxygens (including phenoxy) is 12. The van der Waals surface area contributed by atoms with Crippen LogP contribution < -0.4 is 240 Å². The number of esters is 12. The number of rotatable bonds is 18. The zero-order chi connectivity index (χ0) is 89.3. The Morgan fingerprint density at radius 1 is 0.345 bits per heavy atom. The molecule has 119 heavy (non-hydrogen) atoms. The van der Waals surface area contributed by atoms with Gasteiger partial charge in [-0.1, -0.05) is 53.8 Å². The number of phenolic OH excluding ortho intramolecular Hbond substituents is 10. The Balaban J connectivity index is -0.0000000801. The molecule has 0 radical (unpaired) electrons. The molecule has 0 bridgehead atoms. The Kier molecular flexibility index (Phi) is 83.4. The number of halogens is 10. The van der Waals surface area contributed by atoms with Crippen LogP contribution in [0.15, 0.2) is 18.2 Å². The second kappa shape index (κ2) is 71.7. The predicted molar refractivity (Wildman–Crippen MR) is 437 cm³/mol. The number of aromatic hydroxyl groups is 10. The summed E-state index contributed by atoms with van der Waals surface area (Å²) in [5.41, 5.74) is -4.87. The van der Waals surface area contributed by atoms with Gasteiger partial charge in [0.25, 0.3) is 0 Å². The molecule has 0 aliphatic heterocycles. The van der Waals surface area contributed by atoms with Gasteiger partial charge in [0.15, 0.2) is 11.5 Å². The van der Waals surface area contributed by atoms with E-state index in [-0.39, 0.29) is 306 Å². The van der Waals surface area contributed by atoms with Gasteiger partial charge >= 0.3 is 321 Å². The fourth-order valence-electron chi connectivity index (χ4n) is 7.92. The van der Waals surface area contributed by atoms with Gasteiger partial charge in [-0.05, 0) is 18.6 Å². The SMILES string of the molecule is C.CC(=O)[O-].COC(=O)Cc1c(Cl)c(O)c(C(=O)OC)c(O)c1C(=O)OC.COC(=O)Cc1c(Cl)c(O)c(C(=O)OC)c(O)c1C(=O)OC.COC(=O)Cc1c(Cl)c(O)cc(O)c1C(=O)OC.COC(=O)Cc1cc(O)c(C(=O)OC)c(O)c1C(=O)OC.COC(=O)c1c(O)cc(O)c(Cl)c1CC(=O)O.II.II.O=S(=O)(Cl)Cl.[H-].[H-].[H-].[H-].[HH].[HH].[K+].[K+].[K+].[K+].[Na+]. The first-order chi connectivity index (χ1) is 52.5. The number of hydrogen-bond acceptors (Lipinski definition) is 39. The van der Waals surface area contributed by atoms with Gasteiger partial charge in [-0.25, -0.2) is 38.4 Å². The molecule has 0 saturated carbocycles. The van der Waals surface area contributed by atoms with Crippen LogP contribution in [0.3, 0.4) is 0 Å². The van der Waals surface area contributed by atoms with Crippen LogP contribution >= 0.6 is 142 Å². The third-order valence-corrected chi connectivity index (χ3v) is 14.3. The van der Waals surface area contributed by atoms with Crippen LogP contribution in [0.25, 0.3) is 0 Å². The summed E-state index contributed by atoms with van der Waals surface area (Å²) in [5, 5.41) is 114. The minimum absolute atomic E-state index is 0. The van der Waals surface area contributed by atoms with Crippen LogP contribution in [0.4, 0.5) is 0 Å². The number of carbonyl (C=O) groups excluding carboxylic acids is 13. The summed E-state index contributed by atoms with van der Waals surface area (Å²) in [5.74, 6) is -20.4. The molecule has 0 amide bonds. The number of benzene rings is 5. The standard InChI is InChI=1S/2C13H13ClO8.C13H14O8.C11H11ClO6.C10H9ClO6.C2H4O2.CH4.Cl2O2S.2I2.4K.Na.2H2.4H/c2*1-20-6(15)4-5-7(12(18)21-2)10(16)8(13(19)22-3)11(17)9(5)14;1-19-8(15)5-6-4-7(14)10(13(18)21-3)11(16)9(6)12(17)20-2;1-17-8(15)3-5-9(11(16)18-2)6(13)4-7(14)10(5)12;1-17-10(16)8-4(2-7(14)15)9(11)6(13)3-5(8)12;1-2(3)4;;1-5(2,3)4;2*1-2;;;;;;;;;;;/h2*16-17H,4H2,1-3H3;4,14,16H,5H2,1-3H3;4,13-14H,3H2,1-2H3;3,12-13H,2H2,1H3,(H,14,15);1H3,(H,3,4);1H4;;;;;;;;;2*1H;;;;/q;;;;;;;;;;5*+1;;;4*-1/p-1. The molecule has 5 aromatic rings. The van der Waals surface area contributed by atoms with Crippen LogP contribution in [0.1, 0.15) is 134 Å². The first kappa shape index (κ1) is 138. The van der Waals surface area contributed by atoms with Crippen LogP contribution in [-0.2, 0) is 126 Å². The van der Waals surface area contributed by atoms with E-state index in [4.69, 9.17) is 69.8 Å². The molecule has 648 valence electrons. The van der Waals surface area contributed by atoms with Gasteiger partial charge < -0.3 is 129 Å². The third-order valence-electron chi connectivity index (χ3n) is 12.6. The number of carboxylic acids is 2. The largest absolute Gasteiger partial charge is 1.00 e. The molecule has 0 atom stereocenters. The fourth-order valence-corrected chi connectivity index (χ4v) is 8.86. The molecule has 11 N–H and O–H groups in total. The average molecular weight is 2400 g/mol. The van der Waals surface area contributed by atoms with Crippen molar-refractivity contribution in [3.05, 3.63) is 111 Å². The van der Waals surface area contributed by atoms with Gasteiger partial charge in [0, 0.05) is 139 Å². The Morgan fingerprint density at radius 3 is 0.782 bits per heavy atom. The molecular formula is C63H75Cl6I4K4NaO40S. The number of aliphatic carboxylic acids is 2. The molecule has 0 unspecified atom stereocenters. The van der Waals surface area contributed by atoms with E-state index in [1.165, 1.54) is 0 Å². The molecule has 0 spiro atoms. The summed E-state index contributed by atoms with van der Waals surface area (Å²) < 4.78 is 71.7. The average Bonchev–Trinajstić information content (AvgIpc) is 0.767. The van der Waals surface area contributed by atoms with Crippen molar-refractivity contribution in [3.8, 4) is 57.5 Å². The number of carbonyl (C=O) groups is 14. The van der Waals surface area contributed by atoms with Gasteiger partial charge in [-0.15, -0.1) is 0 Å². The first-order valence-electron chi connectivity index (χ1n) is 28.3. The monoisotopic (exact) mass is 2400 g/mol. The second-order valence-electron chi connectivity index (χ2n) is 19.2. The Bertz CT molecular complexity index is 4390. The molecule has 0 aliphatic rings.